The summed E-state index contributed by atoms with van der Waals surface area (Å²) < 4.78 is 13.6. The van der Waals surface area contributed by atoms with E-state index in [0.29, 0.717) is 5.57 Å². The number of primary amides is 1. The van der Waals surface area contributed by atoms with Gasteiger partial charge in [-0.2, -0.15) is 0 Å². The lowest BCUT2D eigenvalue weighted by atomic mass is 9.60. The number of hydrogen-bond acceptors (Lipinski definition) is 4. The highest BCUT2D eigenvalue weighted by atomic mass is 19.1. The van der Waals surface area contributed by atoms with E-state index in [2.05, 4.69) is 30.6 Å². The van der Waals surface area contributed by atoms with Gasteiger partial charge in [0.2, 0.25) is 0 Å². The van der Waals surface area contributed by atoms with Crippen molar-refractivity contribution in [2.75, 3.05) is 18.4 Å². The number of nitrogens with two attached hydrogens (primary N) is 1. The lowest BCUT2D eigenvalue weighted by molar-refractivity contribution is -0.114. The van der Waals surface area contributed by atoms with Crippen LogP contribution >= 0.6 is 0 Å². The van der Waals surface area contributed by atoms with Crippen molar-refractivity contribution in [3.8, 4) is 0 Å². The number of amides is 1. The molecule has 0 aromatic heterocycles. The highest BCUT2D eigenvalue weighted by Gasteiger charge is 2.28. The summed E-state index contributed by atoms with van der Waals surface area (Å²) in [5, 5.41) is 14.6. The van der Waals surface area contributed by atoms with Crippen LogP contribution in [0.3, 0.4) is 0 Å². The number of hydrogen-bond donors (Lipinski definition) is 4. The molecule has 1 saturated heterocycles. The van der Waals surface area contributed by atoms with Gasteiger partial charge in [0, 0.05) is 17.5 Å². The molecule has 1 aliphatic heterocycles. The molecule has 1 heterocycles. The van der Waals surface area contributed by atoms with Gasteiger partial charge in [0.05, 0.1) is 5.71 Å². The second-order valence-electron chi connectivity index (χ2n) is 6.96. The summed E-state index contributed by atoms with van der Waals surface area (Å²) in [6.45, 7) is 2.05. The molecule has 3 rings (SSSR count). The van der Waals surface area contributed by atoms with Crippen LogP contribution in [0.25, 0.3) is 0 Å². The van der Waals surface area contributed by atoms with E-state index in [4.69, 9.17) is 11.1 Å². The predicted molar refractivity (Wildman–Crippen MR) is 105 cm³/mol. The van der Waals surface area contributed by atoms with Crippen molar-refractivity contribution in [3.63, 3.8) is 0 Å². The van der Waals surface area contributed by atoms with E-state index in [1.54, 1.807) is 6.20 Å². The molecule has 0 spiro atoms. The Morgan fingerprint density at radius 1 is 1.35 bits per heavy atom. The molecule has 2 aliphatic rings. The second-order valence-corrected chi connectivity index (χ2v) is 6.96. The Labute approximate surface area is 153 Å². The minimum absolute atomic E-state index is 0.141. The van der Waals surface area contributed by atoms with Crippen LogP contribution in [0.1, 0.15) is 18.4 Å². The molecule has 5 nitrogen and oxygen atoms in total. The van der Waals surface area contributed by atoms with E-state index in [0.717, 1.165) is 31.3 Å². The van der Waals surface area contributed by atoms with Crippen molar-refractivity contribution in [2.24, 2.45) is 5.73 Å². The number of anilines is 1. The molecule has 26 heavy (non-hydrogen) atoms. The predicted octanol–water partition coefficient (Wildman–Crippen LogP) is 1.49. The van der Waals surface area contributed by atoms with Gasteiger partial charge in [-0.25, -0.2) is 4.39 Å². The fraction of sp³-hybridized carbons (Fsp3) is 0.263. The summed E-state index contributed by atoms with van der Waals surface area (Å²) in [4.78, 5) is 11.3. The van der Waals surface area contributed by atoms with Crippen LogP contribution in [0.4, 0.5) is 10.1 Å². The maximum absolute atomic E-state index is 13.6. The molecule has 0 saturated carbocycles. The maximum Gasteiger partial charge on any atom is 0.253 e. The second kappa shape index (κ2) is 7.29. The first-order valence-corrected chi connectivity index (χ1v) is 8.66. The Morgan fingerprint density at radius 2 is 2.08 bits per heavy atom. The molecule has 1 fully saturated rings. The van der Waals surface area contributed by atoms with Crippen molar-refractivity contribution < 1.29 is 9.18 Å². The number of carbonyl (C=O) groups is 1. The summed E-state index contributed by atoms with van der Waals surface area (Å²) in [5.41, 5.74) is 7.07. The maximum atomic E-state index is 13.6. The summed E-state index contributed by atoms with van der Waals surface area (Å²) in [5.74, 6) is -1.72. The number of piperidine rings is 1. The lowest BCUT2D eigenvalue weighted by Crippen LogP contribution is -2.43. The van der Waals surface area contributed by atoms with Gasteiger partial charge in [0.15, 0.2) is 0 Å². The smallest absolute Gasteiger partial charge is 0.253 e. The molecule has 5 N–H and O–H groups in total. The Kier molecular flexibility index (Phi) is 5.09. The Balaban J connectivity index is 1.72. The molecule has 134 valence electrons. The molecule has 7 heteroatoms. The Bertz CT molecular complexity index is 820. The standard InChI is InChI=1S/C19H22BFN4O/c20-19(8-1-9-24-11-19)13-3-5-14(6-4-13)25-10-12-2-7-15(21)16(17(12)22)18(23)26/h2-7,10,22,24-25H,1,8-9,11,20H2,(H2,23,26)/b12-10-,22-17?. The summed E-state index contributed by atoms with van der Waals surface area (Å²) in [6.07, 6.45) is 6.49. The van der Waals surface area contributed by atoms with Gasteiger partial charge < -0.3 is 16.4 Å². The van der Waals surface area contributed by atoms with Crippen molar-refractivity contribution in [1.29, 1.82) is 5.41 Å². The number of carbonyl (C=O) groups excluding carboxylic acids is 1. The SMILES string of the molecule is BC1(c2ccc(N/C=C3/C=CC(F)=C(C(N)=O)C3=N)cc2)CCCNC1. The first-order chi connectivity index (χ1) is 12.4. The van der Waals surface area contributed by atoms with E-state index < -0.39 is 17.3 Å². The monoisotopic (exact) mass is 352 g/mol. The van der Waals surface area contributed by atoms with E-state index >= 15 is 0 Å². The quantitative estimate of drug-likeness (QED) is 0.619. The van der Waals surface area contributed by atoms with Crippen molar-refractivity contribution in [3.05, 3.63) is 65.2 Å². The first kappa shape index (κ1) is 18.1. The number of rotatable bonds is 4. The molecule has 1 atom stereocenters. The number of benzene rings is 1. The molecular formula is C19H22BFN4O. The third-order valence-corrected chi connectivity index (χ3v) is 5.01. The number of allylic oxidation sites excluding steroid dienone is 4. The summed E-state index contributed by atoms with van der Waals surface area (Å²) >= 11 is 0. The molecule has 1 amide bonds. The molecule has 1 aliphatic carbocycles. The van der Waals surface area contributed by atoms with Crippen molar-refractivity contribution >= 4 is 25.2 Å². The average Bonchev–Trinajstić information content (AvgIpc) is 2.62. The third kappa shape index (κ3) is 3.62. The van der Waals surface area contributed by atoms with Crippen LogP contribution in [0.5, 0.6) is 0 Å². The van der Waals surface area contributed by atoms with Crippen molar-refractivity contribution in [2.45, 2.75) is 18.2 Å². The minimum atomic E-state index is -0.943. The third-order valence-electron chi connectivity index (χ3n) is 5.01. The van der Waals surface area contributed by atoms with Gasteiger partial charge in [0.25, 0.3) is 5.91 Å². The van der Waals surface area contributed by atoms with Gasteiger partial charge >= 0.3 is 0 Å². The summed E-state index contributed by atoms with van der Waals surface area (Å²) in [6, 6.07) is 8.16. The van der Waals surface area contributed by atoms with E-state index in [9.17, 15) is 9.18 Å². The van der Waals surface area contributed by atoms with Crippen LogP contribution < -0.4 is 16.4 Å². The molecule has 1 unspecified atom stereocenters. The zero-order valence-electron chi connectivity index (χ0n) is 14.7. The van der Waals surface area contributed by atoms with Gasteiger partial charge in [-0.15, -0.1) is 0 Å². The van der Waals surface area contributed by atoms with E-state index in [1.807, 2.05) is 12.1 Å². The average molecular weight is 352 g/mol. The van der Waals surface area contributed by atoms with Gasteiger partial charge in [0.1, 0.15) is 19.2 Å². The normalized spacial score (nSPS) is 24.8. The zero-order chi connectivity index (χ0) is 18.7. The van der Waals surface area contributed by atoms with Gasteiger partial charge in [-0.05, 0) is 61.1 Å². The lowest BCUT2D eigenvalue weighted by Gasteiger charge is -2.35. The van der Waals surface area contributed by atoms with Gasteiger partial charge in [-0.1, -0.05) is 12.1 Å². The fourth-order valence-electron chi connectivity index (χ4n) is 3.39. The first-order valence-electron chi connectivity index (χ1n) is 8.66. The Morgan fingerprint density at radius 3 is 2.69 bits per heavy atom. The number of nitrogens with one attached hydrogen (secondary N) is 3. The minimum Gasteiger partial charge on any atom is -0.365 e. The number of halogens is 1. The topological polar surface area (TPSA) is 91.0 Å². The van der Waals surface area contributed by atoms with Crippen molar-refractivity contribution in [1.82, 2.24) is 5.32 Å². The van der Waals surface area contributed by atoms with E-state index in [1.165, 1.54) is 18.1 Å². The van der Waals surface area contributed by atoms with Crippen LogP contribution in [-0.4, -0.2) is 32.6 Å². The molecule has 0 bridgehead atoms. The largest absolute Gasteiger partial charge is 0.365 e. The molecule has 0 radical (unpaired) electrons. The summed E-state index contributed by atoms with van der Waals surface area (Å²) in [7, 11) is 2.27. The van der Waals surface area contributed by atoms with E-state index in [-0.39, 0.29) is 11.0 Å². The van der Waals surface area contributed by atoms with Crippen LogP contribution in [-0.2, 0) is 10.1 Å². The fourth-order valence-corrected chi connectivity index (χ4v) is 3.39. The molecular weight excluding hydrogens is 330 g/mol. The van der Waals surface area contributed by atoms with Gasteiger partial charge in [-0.3, -0.25) is 10.2 Å². The molecule has 1 aromatic rings. The van der Waals surface area contributed by atoms with Crippen LogP contribution in [0, 0.1) is 5.41 Å². The highest BCUT2D eigenvalue weighted by molar-refractivity contribution is 6.28. The van der Waals surface area contributed by atoms with Crippen LogP contribution in [0.15, 0.2) is 59.6 Å². The molecule has 1 aromatic carbocycles. The Hall–Kier alpha value is -2.67. The highest BCUT2D eigenvalue weighted by Crippen LogP contribution is 2.29. The zero-order valence-corrected chi connectivity index (χ0v) is 14.7. The van der Waals surface area contributed by atoms with Crippen LogP contribution in [0.2, 0.25) is 0 Å².